The van der Waals surface area contributed by atoms with Crippen molar-refractivity contribution in [1.82, 2.24) is 14.8 Å². The van der Waals surface area contributed by atoms with Crippen molar-refractivity contribution in [3.63, 3.8) is 0 Å². The van der Waals surface area contributed by atoms with Gasteiger partial charge >= 0.3 is 0 Å². The molecule has 25 heavy (non-hydrogen) atoms. The molecule has 4 N–H and O–H groups in total. The molecule has 1 unspecified atom stereocenters. The number of benzene rings is 1. The Morgan fingerprint density at radius 2 is 1.92 bits per heavy atom. The maximum atomic E-state index is 12.0. The van der Waals surface area contributed by atoms with E-state index < -0.39 is 5.91 Å². The number of carbonyl (C=O) groups is 1. The van der Waals surface area contributed by atoms with E-state index in [0.29, 0.717) is 17.4 Å². The lowest BCUT2D eigenvalue weighted by molar-refractivity contribution is 0.100. The minimum absolute atomic E-state index is 0.0444. The molecule has 1 aromatic carbocycles. The number of rotatable bonds is 4. The molecule has 1 amide bonds. The second-order valence-corrected chi connectivity index (χ2v) is 6.82. The van der Waals surface area contributed by atoms with Gasteiger partial charge in [-0.05, 0) is 37.5 Å². The molecule has 2 heterocycles. The topological polar surface area (TPSA) is 99.8 Å². The van der Waals surface area contributed by atoms with Crippen LogP contribution in [0.1, 0.15) is 42.7 Å². The normalized spacial score (nSPS) is 12.7. The first-order valence-corrected chi connectivity index (χ1v) is 8.34. The lowest BCUT2D eigenvalue weighted by Gasteiger charge is -2.17. The van der Waals surface area contributed by atoms with Gasteiger partial charge in [-0.3, -0.25) is 9.78 Å². The van der Waals surface area contributed by atoms with E-state index in [1.165, 1.54) is 0 Å². The average Bonchev–Trinajstić information content (AvgIpc) is 2.91. The van der Waals surface area contributed by atoms with Crippen molar-refractivity contribution in [1.29, 1.82) is 0 Å². The largest absolute Gasteiger partial charge is 0.383 e. The van der Waals surface area contributed by atoms with Crippen molar-refractivity contribution in [2.75, 3.05) is 5.73 Å². The Morgan fingerprint density at radius 1 is 1.20 bits per heavy atom. The summed E-state index contributed by atoms with van der Waals surface area (Å²) in [5, 5.41) is 5.57. The van der Waals surface area contributed by atoms with Crippen LogP contribution in [0.2, 0.25) is 0 Å². The first-order valence-electron chi connectivity index (χ1n) is 8.34. The zero-order chi connectivity index (χ0) is 18.3. The molecule has 2 aromatic heterocycles. The van der Waals surface area contributed by atoms with Crippen LogP contribution in [0.4, 0.5) is 5.82 Å². The van der Waals surface area contributed by atoms with Gasteiger partial charge in [-0.1, -0.05) is 26.0 Å². The molecule has 0 aliphatic carbocycles. The first kappa shape index (κ1) is 17.0. The van der Waals surface area contributed by atoms with Gasteiger partial charge in [0.1, 0.15) is 17.1 Å². The number of pyridine rings is 1. The molecular weight excluding hydrogens is 314 g/mol. The van der Waals surface area contributed by atoms with E-state index in [0.717, 1.165) is 22.0 Å². The highest BCUT2D eigenvalue weighted by Crippen LogP contribution is 2.31. The molecule has 6 nitrogen and oxygen atoms in total. The van der Waals surface area contributed by atoms with Crippen LogP contribution in [0.5, 0.6) is 0 Å². The van der Waals surface area contributed by atoms with E-state index in [2.05, 4.69) is 23.9 Å². The lowest BCUT2D eigenvalue weighted by Crippen LogP contribution is -2.18. The van der Waals surface area contributed by atoms with Crippen molar-refractivity contribution in [3.8, 4) is 11.3 Å². The standard InChI is InChI=1S/C19H23N5O/c1-10(2)12(4)24-18(20)16(19(21)25)17(23-24)14-8-13-6-5-11(3)7-15(13)22-9-14/h5-10,12H,20H2,1-4H3,(H2,21,25). The second-order valence-electron chi connectivity index (χ2n) is 6.82. The van der Waals surface area contributed by atoms with E-state index in [1.807, 2.05) is 38.1 Å². The van der Waals surface area contributed by atoms with Gasteiger partial charge in [0.05, 0.1) is 11.6 Å². The van der Waals surface area contributed by atoms with Gasteiger partial charge in [0.25, 0.3) is 5.91 Å². The third-order valence-electron chi connectivity index (χ3n) is 4.66. The van der Waals surface area contributed by atoms with Gasteiger partial charge in [-0.15, -0.1) is 0 Å². The molecule has 0 aliphatic rings. The Bertz CT molecular complexity index is 958. The van der Waals surface area contributed by atoms with Crippen LogP contribution in [0.15, 0.2) is 30.5 Å². The number of hydrogen-bond donors (Lipinski definition) is 2. The van der Waals surface area contributed by atoms with E-state index in [-0.39, 0.29) is 11.6 Å². The number of amides is 1. The van der Waals surface area contributed by atoms with Gasteiger partial charge in [0.2, 0.25) is 0 Å². The summed E-state index contributed by atoms with van der Waals surface area (Å²) in [5.74, 6) is 0.0277. The first-order chi connectivity index (χ1) is 11.8. The Kier molecular flexibility index (Phi) is 4.20. The maximum Gasteiger partial charge on any atom is 0.254 e. The van der Waals surface area contributed by atoms with Crippen molar-refractivity contribution in [3.05, 3.63) is 41.6 Å². The summed E-state index contributed by atoms with van der Waals surface area (Å²) in [6, 6.07) is 8.05. The molecule has 0 saturated heterocycles. The number of anilines is 1. The summed E-state index contributed by atoms with van der Waals surface area (Å²) in [6.45, 7) is 8.20. The minimum Gasteiger partial charge on any atom is -0.383 e. The van der Waals surface area contributed by atoms with Crippen LogP contribution in [0.3, 0.4) is 0 Å². The summed E-state index contributed by atoms with van der Waals surface area (Å²) in [4.78, 5) is 16.5. The number of aromatic nitrogens is 3. The summed E-state index contributed by atoms with van der Waals surface area (Å²) >= 11 is 0. The molecule has 0 fully saturated rings. The predicted molar refractivity (Wildman–Crippen MR) is 100 cm³/mol. The number of hydrogen-bond acceptors (Lipinski definition) is 4. The molecule has 3 rings (SSSR count). The maximum absolute atomic E-state index is 12.0. The van der Waals surface area contributed by atoms with Gasteiger partial charge < -0.3 is 11.5 Å². The quantitative estimate of drug-likeness (QED) is 0.763. The van der Waals surface area contributed by atoms with Gasteiger partial charge in [0.15, 0.2) is 0 Å². The highest BCUT2D eigenvalue weighted by atomic mass is 16.1. The molecule has 1 atom stereocenters. The molecule has 0 aliphatic heterocycles. The molecule has 0 spiro atoms. The van der Waals surface area contributed by atoms with Gasteiger partial charge in [0, 0.05) is 17.1 Å². The minimum atomic E-state index is -0.585. The molecule has 0 radical (unpaired) electrons. The monoisotopic (exact) mass is 337 g/mol. The molecule has 0 saturated carbocycles. The second kappa shape index (κ2) is 6.20. The number of aryl methyl sites for hydroxylation is 1. The number of carbonyl (C=O) groups excluding carboxylic acids is 1. The molecule has 3 aromatic rings. The summed E-state index contributed by atoms with van der Waals surface area (Å²) in [6.07, 6.45) is 1.71. The Balaban J connectivity index is 2.20. The Hall–Kier alpha value is -2.89. The summed E-state index contributed by atoms with van der Waals surface area (Å²) in [7, 11) is 0. The van der Waals surface area contributed by atoms with E-state index in [4.69, 9.17) is 11.5 Å². The summed E-state index contributed by atoms with van der Waals surface area (Å²) < 4.78 is 1.68. The van der Waals surface area contributed by atoms with Crippen molar-refractivity contribution in [2.24, 2.45) is 11.7 Å². The van der Waals surface area contributed by atoms with E-state index >= 15 is 0 Å². The van der Waals surface area contributed by atoms with E-state index in [9.17, 15) is 4.79 Å². The van der Waals surface area contributed by atoms with Crippen molar-refractivity contribution in [2.45, 2.75) is 33.7 Å². The SMILES string of the molecule is Cc1ccc2cc(-c3nn(C(C)C(C)C)c(N)c3C(N)=O)cnc2c1. The number of fused-ring (bicyclic) bond motifs is 1. The van der Waals surface area contributed by atoms with Crippen LogP contribution in [-0.2, 0) is 0 Å². The van der Waals surface area contributed by atoms with Crippen LogP contribution in [-0.4, -0.2) is 20.7 Å². The third kappa shape index (κ3) is 2.95. The highest BCUT2D eigenvalue weighted by Gasteiger charge is 2.25. The van der Waals surface area contributed by atoms with Crippen molar-refractivity contribution >= 4 is 22.6 Å². The van der Waals surface area contributed by atoms with Crippen LogP contribution >= 0.6 is 0 Å². The molecule has 0 bridgehead atoms. The van der Waals surface area contributed by atoms with Crippen LogP contribution < -0.4 is 11.5 Å². The fraction of sp³-hybridized carbons (Fsp3) is 0.316. The molecule has 6 heteroatoms. The van der Waals surface area contributed by atoms with Gasteiger partial charge in [-0.25, -0.2) is 4.68 Å². The van der Waals surface area contributed by atoms with E-state index in [1.54, 1.807) is 10.9 Å². The number of primary amides is 1. The van der Waals surface area contributed by atoms with Crippen LogP contribution in [0, 0.1) is 12.8 Å². The highest BCUT2D eigenvalue weighted by molar-refractivity contribution is 6.03. The zero-order valence-corrected chi connectivity index (χ0v) is 14.9. The van der Waals surface area contributed by atoms with Gasteiger partial charge in [-0.2, -0.15) is 5.10 Å². The number of nitrogens with zero attached hydrogens (tertiary/aromatic N) is 3. The number of nitrogens with two attached hydrogens (primary N) is 2. The van der Waals surface area contributed by atoms with Crippen LogP contribution in [0.25, 0.3) is 22.2 Å². The molecular formula is C19H23N5O. The Labute approximate surface area is 146 Å². The predicted octanol–water partition coefficient (Wildman–Crippen LogP) is 3.30. The fourth-order valence-corrected chi connectivity index (χ4v) is 2.85. The lowest BCUT2D eigenvalue weighted by atomic mass is 10.1. The average molecular weight is 337 g/mol. The third-order valence-corrected chi connectivity index (χ3v) is 4.66. The summed E-state index contributed by atoms with van der Waals surface area (Å²) in [5.41, 5.74) is 15.3. The smallest absolute Gasteiger partial charge is 0.254 e. The molecule has 130 valence electrons. The Morgan fingerprint density at radius 3 is 2.56 bits per heavy atom. The van der Waals surface area contributed by atoms with Crippen molar-refractivity contribution < 1.29 is 4.79 Å². The zero-order valence-electron chi connectivity index (χ0n) is 14.9. The fourth-order valence-electron chi connectivity index (χ4n) is 2.85. The number of nitrogen functional groups attached to an aromatic ring is 1.